The number of benzene rings is 2. The fraction of sp³-hybridized carbons (Fsp3) is 0.261. The zero-order chi connectivity index (χ0) is 21.3. The number of rotatable bonds is 5. The third-order valence-corrected chi connectivity index (χ3v) is 5.27. The highest BCUT2D eigenvalue weighted by atomic mass is 16.5. The minimum atomic E-state index is -1.26. The Bertz CT molecular complexity index is 1150. The van der Waals surface area contributed by atoms with E-state index in [-0.39, 0.29) is 0 Å². The number of hydrogen-bond acceptors (Lipinski definition) is 5. The van der Waals surface area contributed by atoms with Gasteiger partial charge >= 0.3 is 11.6 Å². The molecule has 2 aromatic carbocycles. The average Bonchev–Trinajstić information content (AvgIpc) is 3.23. The zero-order valence-electron chi connectivity index (χ0n) is 16.4. The van der Waals surface area contributed by atoms with E-state index in [2.05, 4.69) is 0 Å². The fourth-order valence-corrected chi connectivity index (χ4v) is 3.84. The van der Waals surface area contributed by atoms with Crippen molar-refractivity contribution >= 4 is 22.8 Å². The maximum absolute atomic E-state index is 12.7. The van der Waals surface area contributed by atoms with Gasteiger partial charge in [-0.2, -0.15) is 0 Å². The molecule has 2 heterocycles. The lowest BCUT2D eigenvalue weighted by Crippen LogP contribution is -2.46. The van der Waals surface area contributed by atoms with Crippen LogP contribution in [0.4, 0.5) is 0 Å². The molecule has 1 amide bonds. The summed E-state index contributed by atoms with van der Waals surface area (Å²) in [5.41, 5.74) is 1.48. The van der Waals surface area contributed by atoms with Crippen LogP contribution in [0.2, 0.25) is 0 Å². The molecule has 7 nitrogen and oxygen atoms in total. The van der Waals surface area contributed by atoms with Crippen molar-refractivity contribution in [3.05, 3.63) is 65.0 Å². The highest BCUT2D eigenvalue weighted by Crippen LogP contribution is 2.30. The SMILES string of the molecule is C[C@@H](Oc1ccc2c(-c3ccccc3)cc(=O)oc2c1)C(=O)N1CCC[C@@H]1C([O])=O. The molecule has 0 N–H and O–H groups in total. The van der Waals surface area contributed by atoms with E-state index in [9.17, 15) is 19.5 Å². The van der Waals surface area contributed by atoms with Gasteiger partial charge in [0.1, 0.15) is 17.4 Å². The number of amides is 1. The van der Waals surface area contributed by atoms with Crippen molar-refractivity contribution in [1.29, 1.82) is 0 Å². The number of hydrogen-bond donors (Lipinski definition) is 0. The van der Waals surface area contributed by atoms with Crippen molar-refractivity contribution < 1.29 is 23.8 Å². The summed E-state index contributed by atoms with van der Waals surface area (Å²) < 4.78 is 11.1. The summed E-state index contributed by atoms with van der Waals surface area (Å²) >= 11 is 0. The minimum absolute atomic E-state index is 0.340. The van der Waals surface area contributed by atoms with Crippen molar-refractivity contribution in [2.75, 3.05) is 6.54 Å². The lowest BCUT2D eigenvalue weighted by atomic mass is 10.0. The molecule has 0 unspecified atom stereocenters. The molecule has 4 rings (SSSR count). The predicted molar refractivity (Wildman–Crippen MR) is 108 cm³/mol. The number of ether oxygens (including phenoxy) is 1. The molecule has 3 aromatic rings. The van der Waals surface area contributed by atoms with Gasteiger partial charge in [-0.15, -0.1) is 0 Å². The van der Waals surface area contributed by atoms with Crippen molar-refractivity contribution in [3.63, 3.8) is 0 Å². The summed E-state index contributed by atoms with van der Waals surface area (Å²) in [6.45, 7) is 1.92. The molecular weight excluding hydrogens is 386 g/mol. The Labute approximate surface area is 172 Å². The molecular formula is C23H20NO6. The van der Waals surface area contributed by atoms with Crippen LogP contribution in [0.1, 0.15) is 19.8 Å². The molecule has 2 atom stereocenters. The fourth-order valence-electron chi connectivity index (χ4n) is 3.84. The Morgan fingerprint density at radius 3 is 2.63 bits per heavy atom. The molecule has 1 aliphatic heterocycles. The van der Waals surface area contributed by atoms with Crippen molar-refractivity contribution in [3.8, 4) is 16.9 Å². The van der Waals surface area contributed by atoms with Gasteiger partial charge in [0.05, 0.1) is 0 Å². The highest BCUT2D eigenvalue weighted by Gasteiger charge is 2.37. The van der Waals surface area contributed by atoms with Gasteiger partial charge in [0.25, 0.3) is 5.91 Å². The van der Waals surface area contributed by atoms with Crippen molar-refractivity contribution in [2.24, 2.45) is 0 Å². The molecule has 7 heteroatoms. The third-order valence-electron chi connectivity index (χ3n) is 5.27. The zero-order valence-corrected chi connectivity index (χ0v) is 16.4. The second kappa shape index (κ2) is 8.02. The lowest BCUT2D eigenvalue weighted by molar-refractivity contribution is -0.155. The van der Waals surface area contributed by atoms with Gasteiger partial charge in [-0.25, -0.2) is 14.7 Å². The largest absolute Gasteiger partial charge is 0.481 e. The monoisotopic (exact) mass is 406 g/mol. The first-order valence-corrected chi connectivity index (χ1v) is 9.75. The molecule has 1 aromatic heterocycles. The molecule has 1 radical (unpaired) electrons. The number of carbonyl (C=O) groups is 2. The summed E-state index contributed by atoms with van der Waals surface area (Å²) in [7, 11) is 0. The summed E-state index contributed by atoms with van der Waals surface area (Å²) in [5.74, 6) is -1.32. The van der Waals surface area contributed by atoms with Crippen molar-refractivity contribution in [1.82, 2.24) is 4.90 Å². The number of fused-ring (bicyclic) bond motifs is 1. The average molecular weight is 406 g/mol. The van der Waals surface area contributed by atoms with Crippen LogP contribution < -0.4 is 10.4 Å². The standard InChI is InChI=1S/C23H20NO6/c1-14(22(26)24-11-5-8-19(24)23(27)28)29-16-9-10-17-18(15-6-3-2-4-7-15)13-21(25)30-20(17)12-16/h2-4,6-7,9-10,12-14,19H,5,8,11H2,1H3/t14-,19-/m1/s1. The quantitative estimate of drug-likeness (QED) is 0.606. The van der Waals surface area contributed by atoms with E-state index in [0.717, 1.165) is 16.5 Å². The highest BCUT2D eigenvalue weighted by molar-refractivity contribution is 5.94. The van der Waals surface area contributed by atoms with Gasteiger partial charge in [0, 0.05) is 24.1 Å². The van der Waals surface area contributed by atoms with Gasteiger partial charge in [0.15, 0.2) is 6.10 Å². The Balaban J connectivity index is 1.60. The van der Waals surface area contributed by atoms with Crippen LogP contribution in [0.5, 0.6) is 5.75 Å². The molecule has 0 saturated carbocycles. The number of carbonyl (C=O) groups excluding carboxylic acids is 2. The molecule has 1 aliphatic rings. The second-order valence-corrected chi connectivity index (χ2v) is 7.27. The van der Waals surface area contributed by atoms with Crippen LogP contribution in [0.25, 0.3) is 22.1 Å². The molecule has 1 saturated heterocycles. The van der Waals surface area contributed by atoms with Crippen LogP contribution in [0, 0.1) is 0 Å². The first kappa shape index (κ1) is 19.7. The van der Waals surface area contributed by atoms with Crippen LogP contribution in [0.15, 0.2) is 63.8 Å². The predicted octanol–water partition coefficient (Wildman–Crippen LogP) is 3.18. The first-order valence-electron chi connectivity index (χ1n) is 9.75. The van der Waals surface area contributed by atoms with E-state index in [0.29, 0.717) is 30.7 Å². The van der Waals surface area contributed by atoms with Gasteiger partial charge in [0.2, 0.25) is 0 Å². The number of nitrogens with zero attached hydrogens (tertiary/aromatic N) is 1. The Kier molecular flexibility index (Phi) is 5.27. The van der Waals surface area contributed by atoms with Crippen molar-refractivity contribution in [2.45, 2.75) is 31.9 Å². The van der Waals surface area contributed by atoms with Gasteiger partial charge in [-0.1, -0.05) is 30.3 Å². The van der Waals surface area contributed by atoms with Gasteiger partial charge in [-0.05, 0) is 43.0 Å². The summed E-state index contributed by atoms with van der Waals surface area (Å²) in [4.78, 5) is 37.2. The second-order valence-electron chi connectivity index (χ2n) is 7.27. The minimum Gasteiger partial charge on any atom is -0.481 e. The van der Waals surface area contributed by atoms with Crippen LogP contribution in [-0.4, -0.2) is 35.5 Å². The molecule has 1 fully saturated rings. The molecule has 0 aliphatic carbocycles. The van der Waals surface area contributed by atoms with Gasteiger partial charge in [-0.3, -0.25) is 4.79 Å². The molecule has 0 spiro atoms. The summed E-state index contributed by atoms with van der Waals surface area (Å²) in [6, 6.07) is 15.0. The molecule has 153 valence electrons. The topological polar surface area (TPSA) is 96.7 Å². The Morgan fingerprint density at radius 2 is 1.90 bits per heavy atom. The van der Waals surface area contributed by atoms with E-state index >= 15 is 0 Å². The third kappa shape index (κ3) is 3.78. The number of likely N-dealkylation sites (tertiary alicyclic amines) is 1. The summed E-state index contributed by atoms with van der Waals surface area (Å²) in [5, 5.41) is 12.0. The lowest BCUT2D eigenvalue weighted by Gasteiger charge is -2.24. The molecule has 0 bridgehead atoms. The maximum Gasteiger partial charge on any atom is 0.377 e. The summed E-state index contributed by atoms with van der Waals surface area (Å²) in [6.07, 6.45) is 0.0939. The van der Waals surface area contributed by atoms with Crippen LogP contribution >= 0.6 is 0 Å². The first-order chi connectivity index (χ1) is 14.4. The Morgan fingerprint density at radius 1 is 1.13 bits per heavy atom. The normalized spacial score (nSPS) is 17.1. The van der Waals surface area contributed by atoms with E-state index in [1.165, 1.54) is 11.0 Å². The maximum atomic E-state index is 12.7. The van der Waals surface area contributed by atoms with E-state index < -0.39 is 29.6 Å². The molecule has 30 heavy (non-hydrogen) atoms. The smallest absolute Gasteiger partial charge is 0.377 e. The Hall–Kier alpha value is -3.61. The van der Waals surface area contributed by atoms with E-state index in [1.807, 2.05) is 30.3 Å². The van der Waals surface area contributed by atoms with Crippen LogP contribution in [0.3, 0.4) is 0 Å². The van der Waals surface area contributed by atoms with E-state index in [4.69, 9.17) is 9.15 Å². The van der Waals surface area contributed by atoms with Gasteiger partial charge < -0.3 is 14.1 Å². The van der Waals surface area contributed by atoms with Crippen LogP contribution in [-0.2, 0) is 14.7 Å². The van der Waals surface area contributed by atoms with E-state index in [1.54, 1.807) is 25.1 Å².